The molecule has 1 aromatic heterocycles. The molecule has 1 fully saturated rings. The van der Waals surface area contributed by atoms with E-state index in [2.05, 4.69) is 5.32 Å². The van der Waals surface area contributed by atoms with Crippen LogP contribution in [0.25, 0.3) is 17.4 Å². The van der Waals surface area contributed by atoms with Crippen molar-refractivity contribution >= 4 is 29.6 Å². The van der Waals surface area contributed by atoms with Crippen molar-refractivity contribution in [3.8, 4) is 11.3 Å². The number of nitrogens with one attached hydrogen (secondary N) is 1. The van der Waals surface area contributed by atoms with Gasteiger partial charge in [0.25, 0.3) is 5.91 Å². The number of halogens is 1. The minimum absolute atomic E-state index is 0.189. The van der Waals surface area contributed by atoms with Gasteiger partial charge in [-0.1, -0.05) is 41.4 Å². The molecule has 3 amide bonds. The quantitative estimate of drug-likeness (QED) is 0.502. The maximum Gasteiger partial charge on any atom is 0.329 e. The van der Waals surface area contributed by atoms with Crippen LogP contribution in [0.3, 0.4) is 0 Å². The second-order valence-corrected chi connectivity index (χ2v) is 7.01. The number of urea groups is 1. The topological polar surface area (TPSA) is 62.6 Å². The van der Waals surface area contributed by atoms with Crippen LogP contribution in [0.15, 0.2) is 70.8 Å². The van der Waals surface area contributed by atoms with Crippen molar-refractivity contribution in [2.24, 2.45) is 0 Å². The second kappa shape index (κ2) is 7.37. The van der Waals surface area contributed by atoms with Crippen LogP contribution < -0.4 is 5.32 Å². The zero-order valence-corrected chi connectivity index (χ0v) is 15.9. The zero-order valence-electron chi connectivity index (χ0n) is 15.1. The highest BCUT2D eigenvalue weighted by Gasteiger charge is 2.33. The summed E-state index contributed by atoms with van der Waals surface area (Å²) >= 11 is 5.91. The molecule has 0 spiro atoms. The highest BCUT2D eigenvalue weighted by molar-refractivity contribution is 6.30. The summed E-state index contributed by atoms with van der Waals surface area (Å²) in [4.78, 5) is 26.1. The fraction of sp³-hybridized carbons (Fsp3) is 0.0909. The van der Waals surface area contributed by atoms with Crippen molar-refractivity contribution < 1.29 is 14.0 Å². The summed E-state index contributed by atoms with van der Waals surface area (Å²) in [5, 5.41) is 3.26. The predicted molar refractivity (Wildman–Crippen MR) is 107 cm³/mol. The Hall–Kier alpha value is -3.31. The summed E-state index contributed by atoms with van der Waals surface area (Å²) in [6.07, 6.45) is 1.54. The van der Waals surface area contributed by atoms with Gasteiger partial charge < -0.3 is 9.73 Å². The molecule has 5 nitrogen and oxygen atoms in total. The summed E-state index contributed by atoms with van der Waals surface area (Å²) in [5.41, 5.74) is 3.03. The number of nitrogens with zero attached hydrogens (tertiary/aromatic N) is 1. The molecule has 28 heavy (non-hydrogen) atoms. The van der Waals surface area contributed by atoms with Crippen LogP contribution in [-0.2, 0) is 11.3 Å². The van der Waals surface area contributed by atoms with Crippen LogP contribution >= 0.6 is 11.6 Å². The molecule has 2 aromatic carbocycles. The Bertz CT molecular complexity index is 1080. The van der Waals surface area contributed by atoms with Gasteiger partial charge in [-0.15, -0.1) is 0 Å². The van der Waals surface area contributed by atoms with E-state index >= 15 is 0 Å². The molecular weight excluding hydrogens is 376 g/mol. The monoisotopic (exact) mass is 392 g/mol. The summed E-state index contributed by atoms with van der Waals surface area (Å²) in [7, 11) is 0. The number of aryl methyl sites for hydroxylation is 1. The molecule has 0 aliphatic carbocycles. The zero-order chi connectivity index (χ0) is 19.7. The first-order valence-corrected chi connectivity index (χ1v) is 9.13. The van der Waals surface area contributed by atoms with Gasteiger partial charge in [-0.25, -0.2) is 4.79 Å². The smallest absolute Gasteiger partial charge is 0.329 e. The Labute approximate surface area is 167 Å². The van der Waals surface area contributed by atoms with Gasteiger partial charge in [0, 0.05) is 16.7 Å². The van der Waals surface area contributed by atoms with E-state index in [1.54, 1.807) is 24.3 Å². The van der Waals surface area contributed by atoms with Crippen molar-refractivity contribution in [2.45, 2.75) is 13.5 Å². The first-order chi connectivity index (χ1) is 13.5. The number of amides is 3. The van der Waals surface area contributed by atoms with E-state index in [1.165, 1.54) is 11.0 Å². The largest absolute Gasteiger partial charge is 0.457 e. The molecule has 0 radical (unpaired) electrons. The molecule has 1 aliphatic heterocycles. The maximum absolute atomic E-state index is 12.6. The predicted octanol–water partition coefficient (Wildman–Crippen LogP) is 5.00. The van der Waals surface area contributed by atoms with Crippen LogP contribution in [0, 0.1) is 6.92 Å². The van der Waals surface area contributed by atoms with E-state index in [9.17, 15) is 9.59 Å². The molecule has 0 saturated carbocycles. The number of furan rings is 1. The third-order valence-corrected chi connectivity index (χ3v) is 4.68. The normalized spacial score (nSPS) is 15.4. The average molecular weight is 393 g/mol. The number of benzene rings is 2. The summed E-state index contributed by atoms with van der Waals surface area (Å²) in [5.74, 6) is 0.749. The third kappa shape index (κ3) is 3.70. The number of carbonyl (C=O) groups is 2. The van der Waals surface area contributed by atoms with E-state index in [1.807, 2.05) is 43.3 Å². The molecule has 0 atom stereocenters. The van der Waals surface area contributed by atoms with Gasteiger partial charge >= 0.3 is 6.03 Å². The molecule has 1 aliphatic rings. The SMILES string of the molecule is Cc1cccc(CN2C(=O)N/C(=C/c3ccc(-c4ccc(Cl)cc4)o3)C2=O)c1. The fourth-order valence-electron chi connectivity index (χ4n) is 3.05. The van der Waals surface area contributed by atoms with Gasteiger partial charge in [-0.3, -0.25) is 9.69 Å². The fourth-order valence-corrected chi connectivity index (χ4v) is 3.18. The number of hydrogen-bond donors (Lipinski definition) is 1. The average Bonchev–Trinajstić information content (AvgIpc) is 3.23. The molecule has 6 heteroatoms. The molecule has 3 aromatic rings. The van der Waals surface area contributed by atoms with Crippen molar-refractivity contribution in [2.75, 3.05) is 0 Å². The Morgan fingerprint density at radius 1 is 1.07 bits per heavy atom. The van der Waals surface area contributed by atoms with Crippen molar-refractivity contribution in [1.29, 1.82) is 0 Å². The highest BCUT2D eigenvalue weighted by Crippen LogP contribution is 2.25. The van der Waals surface area contributed by atoms with E-state index in [4.69, 9.17) is 16.0 Å². The number of imide groups is 1. The van der Waals surface area contributed by atoms with Gasteiger partial charge in [0.15, 0.2) is 0 Å². The molecule has 1 saturated heterocycles. The van der Waals surface area contributed by atoms with E-state index in [-0.39, 0.29) is 18.1 Å². The van der Waals surface area contributed by atoms with Gasteiger partial charge in [-0.2, -0.15) is 0 Å². The van der Waals surface area contributed by atoms with Gasteiger partial charge in [0.2, 0.25) is 0 Å². The van der Waals surface area contributed by atoms with Crippen LogP contribution in [0.2, 0.25) is 5.02 Å². The Morgan fingerprint density at radius 3 is 2.61 bits per heavy atom. The Morgan fingerprint density at radius 2 is 1.86 bits per heavy atom. The van der Waals surface area contributed by atoms with Gasteiger partial charge in [0.1, 0.15) is 17.2 Å². The van der Waals surface area contributed by atoms with Crippen molar-refractivity contribution in [3.63, 3.8) is 0 Å². The van der Waals surface area contributed by atoms with E-state index < -0.39 is 6.03 Å². The summed E-state index contributed by atoms with van der Waals surface area (Å²) in [6, 6.07) is 18.1. The van der Waals surface area contributed by atoms with Gasteiger partial charge in [0.05, 0.1) is 6.54 Å². The molecule has 2 heterocycles. The number of hydrogen-bond acceptors (Lipinski definition) is 3. The van der Waals surface area contributed by atoms with Crippen molar-refractivity contribution in [1.82, 2.24) is 10.2 Å². The lowest BCUT2D eigenvalue weighted by Gasteiger charge is -2.12. The van der Waals surface area contributed by atoms with E-state index in [0.29, 0.717) is 16.5 Å². The van der Waals surface area contributed by atoms with Crippen LogP contribution in [0.4, 0.5) is 4.79 Å². The standard InChI is InChI=1S/C22H17ClN2O3/c1-14-3-2-4-15(11-14)13-25-21(26)19(24-22(25)27)12-18-9-10-20(28-18)16-5-7-17(23)8-6-16/h2-12H,13H2,1H3,(H,24,27)/b19-12+. The van der Waals surface area contributed by atoms with Crippen LogP contribution in [0.1, 0.15) is 16.9 Å². The van der Waals surface area contributed by atoms with E-state index in [0.717, 1.165) is 16.7 Å². The number of carbonyl (C=O) groups excluding carboxylic acids is 2. The first kappa shape index (κ1) is 18.1. The van der Waals surface area contributed by atoms with Crippen LogP contribution in [-0.4, -0.2) is 16.8 Å². The second-order valence-electron chi connectivity index (χ2n) is 6.58. The van der Waals surface area contributed by atoms with Gasteiger partial charge in [-0.05, 0) is 48.9 Å². The molecule has 140 valence electrons. The lowest BCUT2D eigenvalue weighted by Crippen LogP contribution is -2.30. The Balaban J connectivity index is 1.53. The van der Waals surface area contributed by atoms with Crippen molar-refractivity contribution in [3.05, 3.63) is 88.3 Å². The highest BCUT2D eigenvalue weighted by atomic mass is 35.5. The third-order valence-electron chi connectivity index (χ3n) is 4.43. The summed E-state index contributed by atoms with van der Waals surface area (Å²) in [6.45, 7) is 2.19. The molecule has 4 rings (SSSR count). The lowest BCUT2D eigenvalue weighted by molar-refractivity contribution is -0.123. The Kier molecular flexibility index (Phi) is 4.75. The molecule has 0 bridgehead atoms. The minimum Gasteiger partial charge on any atom is -0.457 e. The first-order valence-electron chi connectivity index (χ1n) is 8.75. The lowest BCUT2D eigenvalue weighted by atomic mass is 10.1. The molecular formula is C22H17ClN2O3. The molecule has 0 unspecified atom stereocenters. The summed E-state index contributed by atoms with van der Waals surface area (Å²) < 4.78 is 5.78. The van der Waals surface area contributed by atoms with Crippen LogP contribution in [0.5, 0.6) is 0 Å². The molecule has 1 N–H and O–H groups in total. The minimum atomic E-state index is -0.442. The maximum atomic E-state index is 12.6. The number of rotatable bonds is 4.